The number of fused-ring (bicyclic) bond motifs is 1. The Bertz CT molecular complexity index is 1100. The van der Waals surface area contributed by atoms with Crippen molar-refractivity contribution in [1.29, 1.82) is 0 Å². The summed E-state index contributed by atoms with van der Waals surface area (Å²) >= 11 is 0. The Kier molecular flexibility index (Phi) is 5.16. The van der Waals surface area contributed by atoms with E-state index in [1.165, 1.54) is 0 Å². The molecule has 1 amide bonds. The average Bonchev–Trinajstić information content (AvgIpc) is 2.66. The maximum absolute atomic E-state index is 12.4. The minimum Gasteiger partial charge on any atom is -0.479 e. The van der Waals surface area contributed by atoms with Crippen LogP contribution in [0.15, 0.2) is 64.2 Å². The average molecular weight is 367 g/mol. The van der Waals surface area contributed by atoms with Crippen molar-refractivity contribution in [3.63, 3.8) is 0 Å². The summed E-state index contributed by atoms with van der Waals surface area (Å²) in [4.78, 5) is 50.7. The fourth-order valence-electron chi connectivity index (χ4n) is 2.78. The summed E-state index contributed by atoms with van der Waals surface area (Å²) in [5.74, 6) is -1.78. The maximum Gasteiger partial charge on any atom is 0.330 e. The van der Waals surface area contributed by atoms with Crippen molar-refractivity contribution in [3.05, 3.63) is 81.0 Å². The number of rotatable bonds is 6. The first-order chi connectivity index (χ1) is 13.0. The highest BCUT2D eigenvalue weighted by molar-refractivity contribution is 5.84. The summed E-state index contributed by atoms with van der Waals surface area (Å²) in [6.07, 6.45) is -0.210. The Morgan fingerprint density at radius 2 is 1.70 bits per heavy atom. The van der Waals surface area contributed by atoms with Gasteiger partial charge in [-0.15, -0.1) is 0 Å². The van der Waals surface area contributed by atoms with Gasteiger partial charge in [0.25, 0.3) is 5.56 Å². The van der Waals surface area contributed by atoms with Crippen LogP contribution in [0.25, 0.3) is 10.9 Å². The Hall–Kier alpha value is -3.68. The van der Waals surface area contributed by atoms with Crippen LogP contribution in [-0.2, 0) is 16.1 Å². The van der Waals surface area contributed by atoms with Gasteiger partial charge in [0.05, 0.1) is 10.9 Å². The van der Waals surface area contributed by atoms with E-state index in [1.807, 2.05) is 0 Å². The van der Waals surface area contributed by atoms with Crippen molar-refractivity contribution in [1.82, 2.24) is 14.9 Å². The van der Waals surface area contributed by atoms with Crippen LogP contribution in [-0.4, -0.2) is 26.5 Å². The molecule has 2 aromatic carbocycles. The monoisotopic (exact) mass is 367 g/mol. The number of carbonyl (C=O) groups excluding carboxylic acids is 1. The van der Waals surface area contributed by atoms with Crippen LogP contribution in [0.1, 0.15) is 18.0 Å². The van der Waals surface area contributed by atoms with E-state index in [4.69, 9.17) is 0 Å². The highest BCUT2D eigenvalue weighted by Crippen LogP contribution is 2.12. The molecule has 3 N–H and O–H groups in total. The van der Waals surface area contributed by atoms with Crippen molar-refractivity contribution in [2.24, 2.45) is 0 Å². The first-order valence-corrected chi connectivity index (χ1v) is 8.26. The number of aromatic amines is 1. The second-order valence-corrected chi connectivity index (χ2v) is 5.93. The normalized spacial score (nSPS) is 11.9. The first kappa shape index (κ1) is 18.1. The molecule has 8 heteroatoms. The van der Waals surface area contributed by atoms with Crippen molar-refractivity contribution >= 4 is 22.8 Å². The molecule has 1 atom stereocenters. The Balaban J connectivity index is 1.76. The third kappa shape index (κ3) is 3.95. The molecule has 0 aliphatic heterocycles. The van der Waals surface area contributed by atoms with E-state index >= 15 is 0 Å². The maximum atomic E-state index is 12.4. The lowest BCUT2D eigenvalue weighted by molar-refractivity contribution is -0.142. The van der Waals surface area contributed by atoms with Gasteiger partial charge in [0.2, 0.25) is 5.91 Å². The number of benzene rings is 2. The molecule has 0 radical (unpaired) electrons. The number of aromatic nitrogens is 2. The van der Waals surface area contributed by atoms with Gasteiger partial charge in [-0.1, -0.05) is 42.5 Å². The number of H-pyrrole nitrogens is 1. The Labute approximate surface area is 153 Å². The van der Waals surface area contributed by atoms with Gasteiger partial charge in [0, 0.05) is 13.0 Å². The number of para-hydroxylation sites is 1. The molecule has 0 bridgehead atoms. The van der Waals surface area contributed by atoms with Crippen LogP contribution in [0.4, 0.5) is 0 Å². The lowest BCUT2D eigenvalue weighted by Crippen LogP contribution is -2.38. The summed E-state index contributed by atoms with van der Waals surface area (Å²) < 4.78 is 0.931. The van der Waals surface area contributed by atoms with E-state index in [0.29, 0.717) is 16.5 Å². The van der Waals surface area contributed by atoms with Crippen molar-refractivity contribution in [2.75, 3.05) is 0 Å². The van der Waals surface area contributed by atoms with Crippen LogP contribution in [0.5, 0.6) is 0 Å². The Morgan fingerprint density at radius 1 is 1.04 bits per heavy atom. The predicted octanol–water partition coefficient (Wildman–Crippen LogP) is 1.02. The number of carbonyl (C=O) groups is 2. The highest BCUT2D eigenvalue weighted by atomic mass is 16.4. The number of carboxylic acids is 1. The topological polar surface area (TPSA) is 121 Å². The summed E-state index contributed by atoms with van der Waals surface area (Å²) in [6.45, 7) is -0.161. The number of nitrogens with one attached hydrogen (secondary N) is 2. The molecular weight excluding hydrogens is 350 g/mol. The molecule has 27 heavy (non-hydrogen) atoms. The van der Waals surface area contributed by atoms with Gasteiger partial charge in [-0.25, -0.2) is 9.59 Å². The second-order valence-electron chi connectivity index (χ2n) is 5.93. The first-order valence-electron chi connectivity index (χ1n) is 8.26. The van der Waals surface area contributed by atoms with Gasteiger partial charge in [-0.05, 0) is 17.7 Å². The van der Waals surface area contributed by atoms with Crippen LogP contribution >= 0.6 is 0 Å². The molecule has 0 saturated carbocycles. The standard InChI is InChI=1S/C19H17N3O5/c23-15(21-16(18(25)26)12-6-2-1-3-7-12)10-11-22-17(24)13-8-4-5-9-14(13)20-19(22)27/h1-9,16H,10-11H2,(H,20,27)(H,21,23)(H,25,26). The van der Waals surface area contributed by atoms with E-state index < -0.39 is 29.2 Å². The van der Waals surface area contributed by atoms with E-state index in [2.05, 4.69) is 10.3 Å². The van der Waals surface area contributed by atoms with Gasteiger partial charge in [-0.3, -0.25) is 14.2 Å². The smallest absolute Gasteiger partial charge is 0.330 e. The molecule has 8 nitrogen and oxygen atoms in total. The molecule has 1 heterocycles. The predicted molar refractivity (Wildman–Crippen MR) is 98.4 cm³/mol. The van der Waals surface area contributed by atoms with E-state index in [0.717, 1.165) is 4.57 Å². The molecule has 0 saturated heterocycles. The molecule has 1 aromatic heterocycles. The summed E-state index contributed by atoms with van der Waals surface area (Å²) in [6, 6.07) is 13.6. The minimum atomic E-state index is -1.20. The number of hydrogen-bond acceptors (Lipinski definition) is 4. The largest absolute Gasteiger partial charge is 0.479 e. The third-order valence-electron chi connectivity index (χ3n) is 4.14. The van der Waals surface area contributed by atoms with Gasteiger partial charge in [-0.2, -0.15) is 0 Å². The van der Waals surface area contributed by atoms with E-state index in [-0.39, 0.29) is 13.0 Å². The molecule has 1 unspecified atom stereocenters. The zero-order chi connectivity index (χ0) is 19.4. The van der Waals surface area contributed by atoms with Crippen LogP contribution in [0, 0.1) is 0 Å². The van der Waals surface area contributed by atoms with Gasteiger partial charge >= 0.3 is 11.7 Å². The third-order valence-corrected chi connectivity index (χ3v) is 4.14. The molecule has 3 rings (SSSR count). The number of hydrogen-bond donors (Lipinski definition) is 3. The van der Waals surface area contributed by atoms with E-state index in [1.54, 1.807) is 54.6 Å². The molecule has 0 fully saturated rings. The van der Waals surface area contributed by atoms with Crippen LogP contribution in [0.2, 0.25) is 0 Å². The zero-order valence-corrected chi connectivity index (χ0v) is 14.2. The number of amides is 1. The lowest BCUT2D eigenvalue weighted by Gasteiger charge is -2.15. The van der Waals surface area contributed by atoms with E-state index in [9.17, 15) is 24.3 Å². The lowest BCUT2D eigenvalue weighted by atomic mass is 10.1. The fraction of sp³-hybridized carbons (Fsp3) is 0.158. The molecule has 0 aliphatic carbocycles. The van der Waals surface area contributed by atoms with Crippen LogP contribution < -0.4 is 16.6 Å². The molecule has 3 aromatic rings. The Morgan fingerprint density at radius 3 is 2.41 bits per heavy atom. The van der Waals surface area contributed by atoms with Crippen molar-refractivity contribution in [2.45, 2.75) is 19.0 Å². The molecule has 138 valence electrons. The highest BCUT2D eigenvalue weighted by Gasteiger charge is 2.21. The summed E-state index contributed by atoms with van der Waals surface area (Å²) in [7, 11) is 0. The zero-order valence-electron chi connectivity index (χ0n) is 14.2. The molecular formula is C19H17N3O5. The second kappa shape index (κ2) is 7.69. The number of aliphatic carboxylic acids is 1. The fourth-order valence-corrected chi connectivity index (χ4v) is 2.78. The summed E-state index contributed by atoms with van der Waals surface area (Å²) in [5.41, 5.74) is -0.272. The van der Waals surface area contributed by atoms with Crippen molar-refractivity contribution in [3.8, 4) is 0 Å². The minimum absolute atomic E-state index is 0.161. The van der Waals surface area contributed by atoms with Crippen LogP contribution in [0.3, 0.4) is 0 Å². The molecule has 0 spiro atoms. The van der Waals surface area contributed by atoms with Gasteiger partial charge in [0.1, 0.15) is 0 Å². The number of nitrogens with zero attached hydrogens (tertiary/aromatic N) is 1. The number of carboxylic acid groups (broad SMARTS) is 1. The molecule has 0 aliphatic rings. The quantitative estimate of drug-likeness (QED) is 0.601. The SMILES string of the molecule is O=C(CCn1c(=O)[nH]c2ccccc2c1=O)NC(C(=O)O)c1ccccc1. The van der Waals surface area contributed by atoms with Crippen molar-refractivity contribution < 1.29 is 14.7 Å². The van der Waals surface area contributed by atoms with Gasteiger partial charge < -0.3 is 15.4 Å². The summed E-state index contributed by atoms with van der Waals surface area (Å²) in [5, 5.41) is 12.1. The van der Waals surface area contributed by atoms with Gasteiger partial charge in [0.15, 0.2) is 6.04 Å².